The van der Waals surface area contributed by atoms with Crippen LogP contribution in [-0.4, -0.2) is 29.6 Å². The molecule has 1 heterocycles. The van der Waals surface area contributed by atoms with E-state index >= 15 is 0 Å². The third kappa shape index (κ3) is 3.02. The minimum Gasteiger partial charge on any atom is -0.390 e. The Balaban J connectivity index is 1.98. The fourth-order valence-electron chi connectivity index (χ4n) is 1.86. The highest BCUT2D eigenvalue weighted by molar-refractivity contribution is 6.31. The number of hydrogen-bond acceptors (Lipinski definition) is 3. The van der Waals surface area contributed by atoms with Gasteiger partial charge in [-0.1, -0.05) is 17.7 Å². The molecule has 1 aromatic rings. The molecule has 0 bridgehead atoms. The molecule has 0 aliphatic carbocycles. The van der Waals surface area contributed by atoms with Crippen molar-refractivity contribution in [1.82, 2.24) is 10.6 Å². The molecule has 1 aromatic carbocycles. The van der Waals surface area contributed by atoms with Crippen molar-refractivity contribution in [3.63, 3.8) is 0 Å². The minimum atomic E-state index is -1.11. The van der Waals surface area contributed by atoms with E-state index in [9.17, 15) is 19.1 Å². The van der Waals surface area contributed by atoms with E-state index in [0.29, 0.717) is 5.56 Å². The third-order valence-corrected chi connectivity index (χ3v) is 3.26. The molecule has 2 rings (SSSR count). The highest BCUT2D eigenvalue weighted by atomic mass is 35.5. The number of hydrogen-bond donors (Lipinski definition) is 3. The van der Waals surface area contributed by atoms with Crippen molar-refractivity contribution < 1.29 is 19.1 Å². The Hall–Kier alpha value is -1.66. The van der Waals surface area contributed by atoms with Gasteiger partial charge >= 0.3 is 0 Å². The Morgan fingerprint density at radius 3 is 2.89 bits per heavy atom. The van der Waals surface area contributed by atoms with Gasteiger partial charge in [0.05, 0.1) is 6.10 Å². The normalized spacial score (nSPS) is 22.2. The first-order valence-corrected chi connectivity index (χ1v) is 6.04. The van der Waals surface area contributed by atoms with Crippen LogP contribution in [0.3, 0.4) is 0 Å². The molecule has 3 N–H and O–H groups in total. The van der Waals surface area contributed by atoms with Crippen LogP contribution in [0, 0.1) is 11.7 Å². The standard InChI is InChI=1S/C12H12ClFN2O3/c13-8-3-7(14)2-1-6(8)4-15-11(18)10-9(17)5-16-12(10)19/h1-3,9-10,17H,4-5H2,(H,15,18)(H,16,19). The molecule has 102 valence electrons. The van der Waals surface area contributed by atoms with Gasteiger partial charge in [0, 0.05) is 18.1 Å². The van der Waals surface area contributed by atoms with Crippen molar-refractivity contribution in [3.05, 3.63) is 34.6 Å². The molecule has 2 amide bonds. The van der Waals surface area contributed by atoms with Crippen LogP contribution >= 0.6 is 11.6 Å². The molecule has 1 aliphatic heterocycles. The van der Waals surface area contributed by atoms with E-state index in [1.807, 2.05) is 0 Å². The lowest BCUT2D eigenvalue weighted by molar-refractivity contribution is -0.135. The van der Waals surface area contributed by atoms with Gasteiger partial charge in [0.2, 0.25) is 11.8 Å². The molecule has 5 nitrogen and oxygen atoms in total. The van der Waals surface area contributed by atoms with Crippen LogP contribution < -0.4 is 10.6 Å². The highest BCUT2D eigenvalue weighted by Gasteiger charge is 2.38. The smallest absolute Gasteiger partial charge is 0.235 e. The Morgan fingerprint density at radius 1 is 1.58 bits per heavy atom. The Morgan fingerprint density at radius 2 is 2.32 bits per heavy atom. The molecular weight excluding hydrogens is 275 g/mol. The summed E-state index contributed by atoms with van der Waals surface area (Å²) in [6.45, 7) is 0.128. The zero-order valence-electron chi connectivity index (χ0n) is 9.82. The van der Waals surface area contributed by atoms with E-state index in [2.05, 4.69) is 10.6 Å². The molecule has 2 unspecified atom stereocenters. The number of β-amino-alcohol motifs (C(OH)–C–C–N with tert-alkyl or cyclic N) is 1. The zero-order valence-corrected chi connectivity index (χ0v) is 10.6. The summed E-state index contributed by atoms with van der Waals surface area (Å²) in [6.07, 6.45) is -1.03. The maximum atomic E-state index is 12.8. The first kappa shape index (κ1) is 13.8. The summed E-state index contributed by atoms with van der Waals surface area (Å²) in [5, 5.41) is 14.6. The summed E-state index contributed by atoms with van der Waals surface area (Å²) in [6, 6.07) is 3.81. The Labute approximate surface area is 113 Å². The Bertz CT molecular complexity index is 524. The molecule has 0 spiro atoms. The van der Waals surface area contributed by atoms with Gasteiger partial charge < -0.3 is 15.7 Å². The van der Waals surface area contributed by atoms with E-state index in [0.717, 1.165) is 6.07 Å². The predicted molar refractivity (Wildman–Crippen MR) is 65.8 cm³/mol. The number of nitrogens with one attached hydrogen (secondary N) is 2. The maximum Gasteiger partial charge on any atom is 0.235 e. The van der Waals surface area contributed by atoms with Gasteiger partial charge in [-0.15, -0.1) is 0 Å². The van der Waals surface area contributed by atoms with E-state index < -0.39 is 29.7 Å². The maximum absolute atomic E-state index is 12.8. The van der Waals surface area contributed by atoms with Crippen molar-refractivity contribution in [3.8, 4) is 0 Å². The minimum absolute atomic E-state index is 0.0637. The lowest BCUT2D eigenvalue weighted by atomic mass is 10.0. The van der Waals surface area contributed by atoms with Crippen LogP contribution in [0.5, 0.6) is 0 Å². The molecule has 19 heavy (non-hydrogen) atoms. The molecule has 0 saturated carbocycles. The Kier molecular flexibility index (Phi) is 4.01. The first-order chi connectivity index (χ1) is 8.99. The lowest BCUT2D eigenvalue weighted by Crippen LogP contribution is -2.39. The quantitative estimate of drug-likeness (QED) is 0.695. The molecule has 1 fully saturated rings. The van der Waals surface area contributed by atoms with Gasteiger partial charge in [-0.3, -0.25) is 9.59 Å². The number of rotatable bonds is 3. The van der Waals surface area contributed by atoms with Gasteiger partial charge in [-0.05, 0) is 17.7 Å². The van der Waals surface area contributed by atoms with Crippen molar-refractivity contribution in [2.75, 3.05) is 6.54 Å². The van der Waals surface area contributed by atoms with Crippen LogP contribution in [0.15, 0.2) is 18.2 Å². The van der Waals surface area contributed by atoms with Crippen molar-refractivity contribution in [1.29, 1.82) is 0 Å². The zero-order chi connectivity index (χ0) is 14.0. The van der Waals surface area contributed by atoms with Gasteiger partial charge in [0.15, 0.2) is 0 Å². The third-order valence-electron chi connectivity index (χ3n) is 2.90. The fourth-order valence-corrected chi connectivity index (χ4v) is 2.09. The molecule has 1 aliphatic rings. The molecule has 1 saturated heterocycles. The van der Waals surface area contributed by atoms with Gasteiger partial charge in [0.25, 0.3) is 0 Å². The number of halogens is 2. The van der Waals surface area contributed by atoms with Gasteiger partial charge in [-0.25, -0.2) is 4.39 Å². The van der Waals surface area contributed by atoms with E-state index in [1.54, 1.807) is 0 Å². The fraction of sp³-hybridized carbons (Fsp3) is 0.333. The largest absolute Gasteiger partial charge is 0.390 e. The molecule has 0 radical (unpaired) electrons. The monoisotopic (exact) mass is 286 g/mol. The molecule has 7 heteroatoms. The predicted octanol–water partition coefficient (Wildman–Crippen LogP) is 0.202. The number of aliphatic hydroxyl groups is 1. The average Bonchev–Trinajstić information content (AvgIpc) is 2.68. The molecule has 0 aromatic heterocycles. The van der Waals surface area contributed by atoms with Crippen molar-refractivity contribution in [2.45, 2.75) is 12.6 Å². The second kappa shape index (κ2) is 5.54. The van der Waals surface area contributed by atoms with Crippen LogP contribution in [0.1, 0.15) is 5.56 Å². The van der Waals surface area contributed by atoms with Crippen molar-refractivity contribution >= 4 is 23.4 Å². The summed E-state index contributed by atoms with van der Waals surface area (Å²) < 4.78 is 12.8. The van der Waals surface area contributed by atoms with E-state index in [1.165, 1.54) is 12.1 Å². The average molecular weight is 287 g/mol. The van der Waals surface area contributed by atoms with Crippen LogP contribution in [0.2, 0.25) is 5.02 Å². The number of carbonyl (C=O) groups is 2. The summed E-state index contributed by atoms with van der Waals surface area (Å²) in [5.41, 5.74) is 0.532. The summed E-state index contributed by atoms with van der Waals surface area (Å²) in [7, 11) is 0. The summed E-state index contributed by atoms with van der Waals surface area (Å²) in [4.78, 5) is 23.1. The topological polar surface area (TPSA) is 78.4 Å². The van der Waals surface area contributed by atoms with Gasteiger partial charge in [0.1, 0.15) is 11.7 Å². The first-order valence-electron chi connectivity index (χ1n) is 5.66. The van der Waals surface area contributed by atoms with Gasteiger partial charge in [-0.2, -0.15) is 0 Å². The molecule has 2 atom stereocenters. The highest BCUT2D eigenvalue weighted by Crippen LogP contribution is 2.17. The van der Waals surface area contributed by atoms with Crippen LogP contribution in [-0.2, 0) is 16.1 Å². The summed E-state index contributed by atoms with van der Waals surface area (Å²) in [5.74, 6) is -2.66. The van der Waals surface area contributed by atoms with E-state index in [-0.39, 0.29) is 18.1 Å². The molecular formula is C12H12ClFN2O3. The second-order valence-electron chi connectivity index (χ2n) is 4.24. The van der Waals surface area contributed by atoms with Crippen molar-refractivity contribution in [2.24, 2.45) is 5.92 Å². The van der Waals surface area contributed by atoms with Crippen LogP contribution in [0.25, 0.3) is 0 Å². The number of amides is 2. The lowest BCUT2D eigenvalue weighted by Gasteiger charge is -2.12. The number of carbonyl (C=O) groups excluding carboxylic acids is 2. The number of benzene rings is 1. The van der Waals surface area contributed by atoms with E-state index in [4.69, 9.17) is 11.6 Å². The second-order valence-corrected chi connectivity index (χ2v) is 4.65. The SMILES string of the molecule is O=C(NCc1ccc(F)cc1Cl)C1C(=O)NCC1O. The van der Waals surface area contributed by atoms with Crippen LogP contribution in [0.4, 0.5) is 4.39 Å². The summed E-state index contributed by atoms with van der Waals surface area (Å²) >= 11 is 5.81. The number of aliphatic hydroxyl groups excluding tert-OH is 1.